The van der Waals surface area contributed by atoms with Gasteiger partial charge < -0.3 is 4.74 Å². The summed E-state index contributed by atoms with van der Waals surface area (Å²) in [6.07, 6.45) is 3.02. The highest BCUT2D eigenvalue weighted by molar-refractivity contribution is 5.13. The molecule has 0 bridgehead atoms. The van der Waals surface area contributed by atoms with E-state index in [1.54, 1.807) is 0 Å². The summed E-state index contributed by atoms with van der Waals surface area (Å²) in [5.41, 5.74) is -0.293. The molecular formula is C14H27N3O. The maximum absolute atomic E-state index is 9.38. The predicted molar refractivity (Wildman–Crippen MR) is 73.4 cm³/mol. The summed E-state index contributed by atoms with van der Waals surface area (Å²) in [6.45, 7) is 10.7. The van der Waals surface area contributed by atoms with E-state index in [0.29, 0.717) is 6.04 Å². The van der Waals surface area contributed by atoms with Crippen LogP contribution in [0.25, 0.3) is 0 Å². The van der Waals surface area contributed by atoms with Gasteiger partial charge in [0, 0.05) is 19.2 Å². The van der Waals surface area contributed by atoms with Crippen LogP contribution in [0, 0.1) is 11.3 Å². The van der Waals surface area contributed by atoms with E-state index < -0.39 is 0 Å². The van der Waals surface area contributed by atoms with Crippen molar-refractivity contribution in [2.75, 3.05) is 32.8 Å². The predicted octanol–water partition coefficient (Wildman–Crippen LogP) is 1.77. The smallest absolute Gasteiger partial charge is 0.108 e. The highest BCUT2D eigenvalue weighted by Gasteiger charge is 2.40. The van der Waals surface area contributed by atoms with Crippen LogP contribution in [0.2, 0.25) is 0 Å². The monoisotopic (exact) mass is 253 g/mol. The van der Waals surface area contributed by atoms with E-state index >= 15 is 0 Å². The molecule has 4 nitrogen and oxygen atoms in total. The van der Waals surface area contributed by atoms with Crippen LogP contribution in [-0.2, 0) is 4.74 Å². The Morgan fingerprint density at radius 1 is 1.44 bits per heavy atom. The number of nitrogens with one attached hydrogen (secondary N) is 1. The first-order valence-corrected chi connectivity index (χ1v) is 7.19. The van der Waals surface area contributed by atoms with Crippen molar-refractivity contribution in [3.05, 3.63) is 0 Å². The van der Waals surface area contributed by atoms with Gasteiger partial charge in [0.05, 0.1) is 12.7 Å². The highest BCUT2D eigenvalue weighted by Crippen LogP contribution is 2.32. The Kier molecular flexibility index (Phi) is 6.62. The van der Waals surface area contributed by atoms with Gasteiger partial charge >= 0.3 is 0 Å². The minimum Gasteiger partial charge on any atom is -0.380 e. The van der Waals surface area contributed by atoms with E-state index in [1.807, 2.05) is 6.92 Å². The molecular weight excluding hydrogens is 226 g/mol. The molecule has 1 saturated carbocycles. The SMILES string of the molecule is CCNC1(C#N)CCC(N(CC)CCOCC)C1. The van der Waals surface area contributed by atoms with Gasteiger partial charge in [-0.3, -0.25) is 10.2 Å². The minimum atomic E-state index is -0.293. The average Bonchev–Trinajstić information content (AvgIpc) is 2.80. The number of ether oxygens (including phenoxy) is 1. The Labute approximate surface area is 111 Å². The van der Waals surface area contributed by atoms with Crippen molar-refractivity contribution in [3.8, 4) is 6.07 Å². The number of hydrogen-bond acceptors (Lipinski definition) is 4. The van der Waals surface area contributed by atoms with Gasteiger partial charge in [-0.2, -0.15) is 5.26 Å². The molecule has 2 atom stereocenters. The molecule has 1 aliphatic carbocycles. The van der Waals surface area contributed by atoms with Gasteiger partial charge in [-0.25, -0.2) is 0 Å². The summed E-state index contributed by atoms with van der Waals surface area (Å²) in [7, 11) is 0. The van der Waals surface area contributed by atoms with Crippen molar-refractivity contribution >= 4 is 0 Å². The van der Waals surface area contributed by atoms with Crippen molar-refractivity contribution < 1.29 is 4.74 Å². The Hall–Kier alpha value is -0.630. The topological polar surface area (TPSA) is 48.3 Å². The van der Waals surface area contributed by atoms with Crippen LogP contribution in [0.5, 0.6) is 0 Å². The van der Waals surface area contributed by atoms with Gasteiger partial charge in [-0.15, -0.1) is 0 Å². The molecule has 0 aromatic carbocycles. The second kappa shape index (κ2) is 7.73. The largest absolute Gasteiger partial charge is 0.380 e. The molecule has 2 unspecified atom stereocenters. The molecule has 0 heterocycles. The number of nitrogens with zero attached hydrogens (tertiary/aromatic N) is 2. The van der Waals surface area contributed by atoms with Crippen LogP contribution in [0.3, 0.4) is 0 Å². The number of likely N-dealkylation sites (N-methyl/N-ethyl adjacent to an activating group) is 1. The molecule has 0 aromatic rings. The zero-order valence-electron chi connectivity index (χ0n) is 12.0. The van der Waals surface area contributed by atoms with Gasteiger partial charge in [-0.1, -0.05) is 13.8 Å². The third kappa shape index (κ3) is 3.94. The van der Waals surface area contributed by atoms with Crippen LogP contribution in [0.1, 0.15) is 40.0 Å². The summed E-state index contributed by atoms with van der Waals surface area (Å²) < 4.78 is 5.43. The molecule has 1 aliphatic rings. The maximum Gasteiger partial charge on any atom is 0.108 e. The van der Waals surface area contributed by atoms with Crippen LogP contribution in [0.15, 0.2) is 0 Å². The number of rotatable bonds is 8. The lowest BCUT2D eigenvalue weighted by Gasteiger charge is -2.29. The van der Waals surface area contributed by atoms with E-state index in [-0.39, 0.29) is 5.54 Å². The maximum atomic E-state index is 9.38. The molecule has 0 radical (unpaired) electrons. The fourth-order valence-corrected chi connectivity index (χ4v) is 2.90. The first kappa shape index (κ1) is 15.4. The van der Waals surface area contributed by atoms with E-state index in [4.69, 9.17) is 4.74 Å². The van der Waals surface area contributed by atoms with Crippen LogP contribution < -0.4 is 5.32 Å². The molecule has 18 heavy (non-hydrogen) atoms. The molecule has 1 fully saturated rings. The van der Waals surface area contributed by atoms with Crippen molar-refractivity contribution in [1.82, 2.24) is 10.2 Å². The lowest BCUT2D eigenvalue weighted by atomic mass is 9.99. The Balaban J connectivity index is 2.49. The van der Waals surface area contributed by atoms with Crippen LogP contribution >= 0.6 is 0 Å². The summed E-state index contributed by atoms with van der Waals surface area (Å²) in [6, 6.07) is 3.01. The third-order valence-electron chi connectivity index (χ3n) is 3.87. The lowest BCUT2D eigenvalue weighted by Crippen LogP contribution is -2.44. The zero-order chi connectivity index (χ0) is 13.4. The van der Waals surface area contributed by atoms with E-state index in [1.165, 1.54) is 0 Å². The van der Waals surface area contributed by atoms with Crippen molar-refractivity contribution in [3.63, 3.8) is 0 Å². The van der Waals surface area contributed by atoms with Crippen molar-refractivity contribution in [2.45, 2.75) is 51.6 Å². The first-order valence-electron chi connectivity index (χ1n) is 7.19. The quantitative estimate of drug-likeness (QED) is 0.670. The normalized spacial score (nSPS) is 27.6. The third-order valence-corrected chi connectivity index (χ3v) is 3.87. The summed E-state index contributed by atoms with van der Waals surface area (Å²) >= 11 is 0. The minimum absolute atomic E-state index is 0.293. The average molecular weight is 253 g/mol. The highest BCUT2D eigenvalue weighted by atomic mass is 16.5. The van der Waals surface area contributed by atoms with E-state index in [9.17, 15) is 5.26 Å². The molecule has 0 aliphatic heterocycles. The zero-order valence-corrected chi connectivity index (χ0v) is 12.0. The van der Waals surface area contributed by atoms with E-state index in [2.05, 4.69) is 30.1 Å². The van der Waals surface area contributed by atoms with Gasteiger partial charge in [0.1, 0.15) is 5.54 Å². The molecule has 0 aromatic heterocycles. The van der Waals surface area contributed by atoms with E-state index in [0.717, 1.165) is 52.1 Å². The molecule has 1 rings (SSSR count). The Bertz CT molecular complexity index is 277. The number of nitriles is 1. The van der Waals surface area contributed by atoms with Crippen molar-refractivity contribution in [2.24, 2.45) is 0 Å². The molecule has 104 valence electrons. The molecule has 0 spiro atoms. The fourth-order valence-electron chi connectivity index (χ4n) is 2.90. The van der Waals surface area contributed by atoms with Gasteiger partial charge in [0.2, 0.25) is 0 Å². The molecule has 0 amide bonds. The standard InChI is InChI=1S/C14H27N3O/c1-4-16-14(12-15)8-7-13(11-14)17(5-2)9-10-18-6-3/h13,16H,4-11H2,1-3H3. The second-order valence-corrected chi connectivity index (χ2v) is 4.95. The summed E-state index contributed by atoms with van der Waals surface area (Å²) in [5, 5.41) is 12.7. The van der Waals surface area contributed by atoms with Crippen molar-refractivity contribution in [1.29, 1.82) is 5.26 Å². The Morgan fingerprint density at radius 3 is 2.78 bits per heavy atom. The van der Waals surface area contributed by atoms with Crippen LogP contribution in [0.4, 0.5) is 0 Å². The molecule has 1 N–H and O–H groups in total. The molecule has 0 saturated heterocycles. The summed E-state index contributed by atoms with van der Waals surface area (Å²) in [4.78, 5) is 2.45. The fraction of sp³-hybridized carbons (Fsp3) is 0.929. The van der Waals surface area contributed by atoms with Gasteiger partial charge in [0.15, 0.2) is 0 Å². The summed E-state index contributed by atoms with van der Waals surface area (Å²) in [5.74, 6) is 0. The number of hydrogen-bond donors (Lipinski definition) is 1. The lowest BCUT2D eigenvalue weighted by molar-refractivity contribution is 0.0964. The second-order valence-electron chi connectivity index (χ2n) is 4.95. The molecule has 4 heteroatoms. The van der Waals surface area contributed by atoms with Gasteiger partial charge in [-0.05, 0) is 39.3 Å². The van der Waals surface area contributed by atoms with Gasteiger partial charge in [0.25, 0.3) is 0 Å². The Morgan fingerprint density at radius 2 is 2.22 bits per heavy atom. The van der Waals surface area contributed by atoms with Crippen LogP contribution in [-0.4, -0.2) is 49.3 Å². The first-order chi connectivity index (χ1) is 8.71.